The first-order chi connectivity index (χ1) is 22.0. The number of anilines is 1. The fraction of sp³-hybridized carbons (Fsp3) is 0.433. The van der Waals surface area contributed by atoms with Crippen molar-refractivity contribution >= 4 is 26.7 Å². The number of nitrogens with zero attached hydrogens (tertiary/aromatic N) is 6. The highest BCUT2D eigenvalue weighted by molar-refractivity contribution is 7.93. The molecular weight excluding hydrogens is 645 g/mol. The summed E-state index contributed by atoms with van der Waals surface area (Å²) in [4.78, 5) is 6.24. The van der Waals surface area contributed by atoms with Crippen LogP contribution in [0.2, 0.25) is 0 Å². The topological polar surface area (TPSA) is 112 Å². The standard InChI is InChI=1S/C30H33F3N6O5S2/c1-37-16-20(15-35-37)26-12-21(30(31,32)33)8-10-38(26)25-9-11-44-28-14-23(6-7-24(25)28)46(40,41)39(29-34-18-36-45-29)17-19-4-5-22(42-2)13-27(19)43-3/h4-7,13-16,18,21,25-26H,8-12,17H2,1-3H3/t21?,25-,26-/m0/s1. The van der Waals surface area contributed by atoms with E-state index in [1.54, 1.807) is 48.4 Å². The lowest BCUT2D eigenvalue weighted by atomic mass is 9.84. The number of aromatic nitrogens is 4. The number of rotatable bonds is 9. The Labute approximate surface area is 268 Å². The number of hydrogen-bond acceptors (Lipinski definition) is 10. The molecule has 0 spiro atoms. The Bertz CT molecular complexity index is 1780. The van der Waals surface area contributed by atoms with Crippen LogP contribution in [0.5, 0.6) is 17.2 Å². The molecular formula is C30H33F3N6O5S2. The third kappa shape index (κ3) is 6.25. The SMILES string of the molecule is COc1ccc(CN(c2ncns2)S(=O)(=O)c2ccc3c(c2)OCC[C@@H]3N2CCC(C(F)(F)F)C[C@H]2c2cnn(C)c2)c(OC)c1. The van der Waals surface area contributed by atoms with Crippen molar-refractivity contribution < 1.29 is 35.8 Å². The maximum Gasteiger partial charge on any atom is 0.391 e. The molecule has 2 aromatic carbocycles. The van der Waals surface area contributed by atoms with Gasteiger partial charge in [-0.15, -0.1) is 0 Å². The van der Waals surface area contributed by atoms with Crippen LogP contribution in [-0.2, 0) is 23.6 Å². The van der Waals surface area contributed by atoms with E-state index in [4.69, 9.17) is 14.2 Å². The van der Waals surface area contributed by atoms with Crippen LogP contribution in [0.3, 0.4) is 0 Å². The molecule has 2 aliphatic rings. The summed E-state index contributed by atoms with van der Waals surface area (Å²) >= 11 is 0.938. The van der Waals surface area contributed by atoms with Gasteiger partial charge in [-0.25, -0.2) is 17.7 Å². The van der Waals surface area contributed by atoms with Crippen molar-refractivity contribution in [1.29, 1.82) is 0 Å². The molecule has 3 atom stereocenters. The van der Waals surface area contributed by atoms with Crippen LogP contribution in [0.4, 0.5) is 18.3 Å². The number of alkyl halides is 3. The zero-order valence-corrected chi connectivity index (χ0v) is 27.0. The Morgan fingerprint density at radius 3 is 2.61 bits per heavy atom. The minimum absolute atomic E-state index is 0.0193. The van der Waals surface area contributed by atoms with E-state index in [9.17, 15) is 21.6 Å². The fourth-order valence-corrected chi connectivity index (χ4v) is 8.39. The summed E-state index contributed by atoms with van der Waals surface area (Å²) in [6, 6.07) is 9.02. The third-order valence-corrected chi connectivity index (χ3v) is 11.1. The fourth-order valence-electron chi connectivity index (χ4n) is 6.25. The number of methoxy groups -OCH3 is 2. The minimum Gasteiger partial charge on any atom is -0.497 e. The number of sulfonamides is 1. The van der Waals surface area contributed by atoms with Gasteiger partial charge in [0.15, 0.2) is 0 Å². The molecule has 1 unspecified atom stereocenters. The summed E-state index contributed by atoms with van der Waals surface area (Å²) in [5, 5.41) is 4.39. The second kappa shape index (κ2) is 12.7. The number of hydrogen-bond donors (Lipinski definition) is 0. The Morgan fingerprint density at radius 2 is 1.93 bits per heavy atom. The monoisotopic (exact) mass is 678 g/mol. The van der Waals surface area contributed by atoms with E-state index in [-0.39, 0.29) is 48.6 Å². The van der Waals surface area contributed by atoms with E-state index < -0.39 is 28.2 Å². The number of fused-ring (bicyclic) bond motifs is 1. The number of benzene rings is 2. The quantitative estimate of drug-likeness (QED) is 0.226. The largest absolute Gasteiger partial charge is 0.497 e. The highest BCUT2D eigenvalue weighted by atomic mass is 32.2. The van der Waals surface area contributed by atoms with E-state index in [0.29, 0.717) is 34.8 Å². The van der Waals surface area contributed by atoms with Gasteiger partial charge < -0.3 is 14.2 Å². The molecule has 246 valence electrons. The molecule has 2 aromatic heterocycles. The maximum atomic E-state index is 14.2. The highest BCUT2D eigenvalue weighted by Crippen LogP contribution is 2.48. The highest BCUT2D eigenvalue weighted by Gasteiger charge is 2.47. The third-order valence-electron chi connectivity index (χ3n) is 8.57. The van der Waals surface area contributed by atoms with Gasteiger partial charge in [0.25, 0.3) is 10.0 Å². The molecule has 11 nitrogen and oxygen atoms in total. The number of likely N-dealkylation sites (tertiary alicyclic amines) is 1. The number of ether oxygens (including phenoxy) is 3. The number of piperidine rings is 1. The molecule has 16 heteroatoms. The average molecular weight is 679 g/mol. The number of halogens is 3. The van der Waals surface area contributed by atoms with Gasteiger partial charge in [-0.1, -0.05) is 6.07 Å². The van der Waals surface area contributed by atoms with Gasteiger partial charge in [-0.05, 0) is 37.6 Å². The smallest absolute Gasteiger partial charge is 0.391 e. The van der Waals surface area contributed by atoms with Crippen molar-refractivity contribution in [3.05, 3.63) is 71.8 Å². The first-order valence-corrected chi connectivity index (χ1v) is 16.8. The van der Waals surface area contributed by atoms with Crippen LogP contribution >= 0.6 is 11.5 Å². The second-order valence-electron chi connectivity index (χ2n) is 11.2. The maximum absolute atomic E-state index is 14.2. The molecule has 1 saturated heterocycles. The van der Waals surface area contributed by atoms with Gasteiger partial charge >= 0.3 is 6.18 Å². The molecule has 46 heavy (non-hydrogen) atoms. The van der Waals surface area contributed by atoms with Gasteiger partial charge in [0.2, 0.25) is 5.13 Å². The van der Waals surface area contributed by atoms with Gasteiger partial charge in [0.05, 0.1) is 44.4 Å². The van der Waals surface area contributed by atoms with E-state index in [1.165, 1.54) is 32.7 Å². The van der Waals surface area contributed by atoms with E-state index in [1.807, 2.05) is 0 Å². The lowest BCUT2D eigenvalue weighted by Gasteiger charge is -2.45. The van der Waals surface area contributed by atoms with Crippen LogP contribution in [-0.4, -0.2) is 66.0 Å². The molecule has 0 N–H and O–H groups in total. The molecule has 1 fully saturated rings. The van der Waals surface area contributed by atoms with E-state index in [0.717, 1.165) is 21.4 Å². The number of aryl methyl sites for hydroxylation is 1. The molecule has 6 rings (SSSR count). The lowest BCUT2D eigenvalue weighted by molar-refractivity contribution is -0.192. The second-order valence-corrected chi connectivity index (χ2v) is 13.9. The molecule has 0 radical (unpaired) electrons. The van der Waals surface area contributed by atoms with Crippen LogP contribution in [0.25, 0.3) is 0 Å². The first kappa shape index (κ1) is 32.1. The molecule has 0 saturated carbocycles. The Morgan fingerprint density at radius 1 is 1.11 bits per heavy atom. The predicted octanol–water partition coefficient (Wildman–Crippen LogP) is 5.52. The molecule has 0 aliphatic carbocycles. The molecule has 4 heterocycles. The molecule has 0 amide bonds. The van der Waals surface area contributed by atoms with Gasteiger partial charge in [0, 0.05) is 72.1 Å². The van der Waals surface area contributed by atoms with E-state index >= 15 is 0 Å². The minimum atomic E-state index is -4.29. The van der Waals surface area contributed by atoms with Gasteiger partial charge in [0.1, 0.15) is 23.6 Å². The van der Waals surface area contributed by atoms with Crippen LogP contribution in [0, 0.1) is 5.92 Å². The zero-order chi connectivity index (χ0) is 32.6. The Balaban J connectivity index is 1.33. The van der Waals surface area contributed by atoms with Gasteiger partial charge in [-0.2, -0.15) is 22.6 Å². The van der Waals surface area contributed by atoms with E-state index in [2.05, 4.69) is 19.4 Å². The Kier molecular flexibility index (Phi) is 8.87. The predicted molar refractivity (Wildman–Crippen MR) is 164 cm³/mol. The molecule has 0 bridgehead atoms. The summed E-state index contributed by atoms with van der Waals surface area (Å²) in [6.07, 6.45) is 0.803. The van der Waals surface area contributed by atoms with Crippen molar-refractivity contribution in [3.8, 4) is 17.2 Å². The van der Waals surface area contributed by atoms with Crippen LogP contribution in [0.1, 0.15) is 48.0 Å². The van der Waals surface area contributed by atoms with Crippen LogP contribution < -0.4 is 18.5 Å². The summed E-state index contributed by atoms with van der Waals surface area (Å²) in [5.41, 5.74) is 2.02. The van der Waals surface area contributed by atoms with Crippen molar-refractivity contribution in [2.24, 2.45) is 13.0 Å². The molecule has 4 aromatic rings. The van der Waals surface area contributed by atoms with Crippen molar-refractivity contribution in [2.45, 2.75) is 49.0 Å². The van der Waals surface area contributed by atoms with Crippen LogP contribution in [0.15, 0.2) is 60.0 Å². The van der Waals surface area contributed by atoms with Gasteiger partial charge in [-0.3, -0.25) is 9.58 Å². The normalized spacial score (nSPS) is 20.5. The summed E-state index contributed by atoms with van der Waals surface area (Å²) < 4.78 is 93.5. The van der Waals surface area contributed by atoms with Crippen molar-refractivity contribution in [1.82, 2.24) is 24.0 Å². The Hall–Kier alpha value is -3.89. The van der Waals surface area contributed by atoms with Crippen molar-refractivity contribution in [3.63, 3.8) is 0 Å². The first-order valence-electron chi connectivity index (χ1n) is 14.6. The summed E-state index contributed by atoms with van der Waals surface area (Å²) in [5.74, 6) is -0.0465. The summed E-state index contributed by atoms with van der Waals surface area (Å²) in [7, 11) is 0.563. The average Bonchev–Trinajstić information content (AvgIpc) is 3.74. The summed E-state index contributed by atoms with van der Waals surface area (Å²) in [6.45, 7) is 0.415. The zero-order valence-electron chi connectivity index (χ0n) is 25.3. The molecule has 2 aliphatic heterocycles. The van der Waals surface area contributed by atoms with Crippen molar-refractivity contribution in [2.75, 3.05) is 31.7 Å². The lowest BCUT2D eigenvalue weighted by Crippen LogP contribution is -2.44.